The fourth-order valence-corrected chi connectivity index (χ4v) is 3.77. The van der Waals surface area contributed by atoms with Gasteiger partial charge in [-0.2, -0.15) is 0 Å². The van der Waals surface area contributed by atoms with Crippen LogP contribution >= 0.6 is 11.8 Å². The zero-order chi connectivity index (χ0) is 16.5. The fourth-order valence-electron chi connectivity index (χ4n) is 2.86. The van der Waals surface area contributed by atoms with Crippen molar-refractivity contribution in [2.75, 3.05) is 5.75 Å². The molecule has 2 heterocycles. The van der Waals surface area contributed by atoms with Crippen molar-refractivity contribution in [1.29, 1.82) is 0 Å². The van der Waals surface area contributed by atoms with Crippen LogP contribution in [0.2, 0.25) is 0 Å². The highest BCUT2D eigenvalue weighted by atomic mass is 32.2. The fraction of sp³-hybridized carbons (Fsp3) is 0.158. The molecule has 120 valence electrons. The molecular weight excluding hydrogens is 320 g/mol. The van der Waals surface area contributed by atoms with E-state index in [-0.39, 0.29) is 5.76 Å². The Kier molecular flexibility index (Phi) is 3.86. The smallest absolute Gasteiger partial charge is 0.408 e. The van der Waals surface area contributed by atoms with Gasteiger partial charge in [0.25, 0.3) is 0 Å². The van der Waals surface area contributed by atoms with Crippen LogP contribution in [0.15, 0.2) is 68.8 Å². The number of thioether (sulfide) groups is 1. The van der Waals surface area contributed by atoms with Crippen LogP contribution in [0.3, 0.4) is 0 Å². The number of aromatic nitrogens is 2. The van der Waals surface area contributed by atoms with Gasteiger partial charge in [-0.25, -0.2) is 9.78 Å². The van der Waals surface area contributed by atoms with Crippen molar-refractivity contribution in [3.05, 3.63) is 70.7 Å². The van der Waals surface area contributed by atoms with Crippen molar-refractivity contribution in [2.24, 2.45) is 0 Å². The molecular formula is C19H16N2O2S. The third kappa shape index (κ3) is 2.71. The van der Waals surface area contributed by atoms with Gasteiger partial charge in [0.1, 0.15) is 0 Å². The number of hydrogen-bond acceptors (Lipinski definition) is 4. The van der Waals surface area contributed by atoms with Crippen molar-refractivity contribution in [2.45, 2.75) is 18.5 Å². The van der Waals surface area contributed by atoms with E-state index in [0.717, 1.165) is 21.8 Å². The van der Waals surface area contributed by atoms with Gasteiger partial charge in [0.05, 0.1) is 16.1 Å². The van der Waals surface area contributed by atoms with Crippen LogP contribution in [-0.4, -0.2) is 15.3 Å². The second-order valence-corrected chi connectivity index (χ2v) is 6.75. The van der Waals surface area contributed by atoms with Crippen LogP contribution < -0.4 is 5.76 Å². The minimum atomic E-state index is -0.306. The molecule has 0 N–H and O–H groups in total. The number of fused-ring (bicyclic) bond motifs is 2. The first-order valence-corrected chi connectivity index (χ1v) is 8.78. The van der Waals surface area contributed by atoms with Gasteiger partial charge in [0.15, 0.2) is 5.58 Å². The second-order valence-electron chi connectivity index (χ2n) is 5.63. The molecule has 4 nitrogen and oxygen atoms in total. The van der Waals surface area contributed by atoms with Gasteiger partial charge in [-0.15, -0.1) is 11.8 Å². The summed E-state index contributed by atoms with van der Waals surface area (Å²) in [4.78, 5) is 16.7. The van der Waals surface area contributed by atoms with Gasteiger partial charge >= 0.3 is 5.76 Å². The van der Waals surface area contributed by atoms with E-state index in [1.54, 1.807) is 16.3 Å². The van der Waals surface area contributed by atoms with Crippen molar-refractivity contribution < 1.29 is 4.42 Å². The summed E-state index contributed by atoms with van der Waals surface area (Å²) < 4.78 is 6.94. The maximum absolute atomic E-state index is 12.0. The summed E-state index contributed by atoms with van der Waals surface area (Å²) >= 11 is 1.65. The Hall–Kier alpha value is -2.53. The van der Waals surface area contributed by atoms with E-state index in [4.69, 9.17) is 9.40 Å². The Morgan fingerprint density at radius 1 is 1.12 bits per heavy atom. The molecule has 0 unspecified atom stereocenters. The topological polar surface area (TPSA) is 48.0 Å². The van der Waals surface area contributed by atoms with Gasteiger partial charge in [-0.1, -0.05) is 30.3 Å². The number of para-hydroxylation sites is 3. The Labute approximate surface area is 143 Å². The molecule has 0 radical (unpaired) electrons. The predicted molar refractivity (Wildman–Crippen MR) is 97.7 cm³/mol. The number of oxazole rings is 1. The average molecular weight is 336 g/mol. The summed E-state index contributed by atoms with van der Waals surface area (Å²) in [6, 6.07) is 17.7. The molecule has 0 bridgehead atoms. The highest BCUT2D eigenvalue weighted by Crippen LogP contribution is 2.24. The Bertz CT molecular complexity index is 1080. The van der Waals surface area contributed by atoms with E-state index in [2.05, 4.69) is 19.1 Å². The number of rotatable bonds is 4. The van der Waals surface area contributed by atoms with Crippen molar-refractivity contribution in [1.82, 2.24) is 9.55 Å². The van der Waals surface area contributed by atoms with E-state index in [0.29, 0.717) is 12.1 Å². The third-order valence-corrected chi connectivity index (χ3v) is 4.93. The van der Waals surface area contributed by atoms with Gasteiger partial charge in [0.2, 0.25) is 0 Å². The molecule has 0 aliphatic carbocycles. The third-order valence-electron chi connectivity index (χ3n) is 4.04. The number of benzene rings is 2. The number of hydrogen-bond donors (Lipinski definition) is 0. The summed E-state index contributed by atoms with van der Waals surface area (Å²) in [5.74, 6) is 0.452. The average Bonchev–Trinajstić information content (AvgIpc) is 2.91. The van der Waals surface area contributed by atoms with E-state index < -0.39 is 0 Å². The molecule has 4 rings (SSSR count). The quantitative estimate of drug-likeness (QED) is 0.523. The maximum atomic E-state index is 12.0. The standard InChI is InChI=1S/C19H16N2O2S/c1-13-12-18(20-15-7-3-2-6-14(13)15)24-11-10-21-16-8-4-5-9-17(16)23-19(21)22/h2-9,12H,10-11H2,1H3. The molecule has 0 atom stereocenters. The van der Waals surface area contributed by atoms with Crippen LogP contribution in [0.25, 0.3) is 22.0 Å². The van der Waals surface area contributed by atoms with Crippen LogP contribution in [0.5, 0.6) is 0 Å². The summed E-state index contributed by atoms with van der Waals surface area (Å²) in [5, 5.41) is 2.16. The van der Waals surface area contributed by atoms with Crippen LogP contribution in [0, 0.1) is 6.92 Å². The highest BCUT2D eigenvalue weighted by Gasteiger charge is 2.09. The summed E-state index contributed by atoms with van der Waals surface area (Å²) in [5.41, 5.74) is 3.69. The first-order valence-electron chi connectivity index (χ1n) is 7.80. The Balaban J connectivity index is 1.55. The maximum Gasteiger partial charge on any atom is 0.419 e. The summed E-state index contributed by atoms with van der Waals surface area (Å²) in [6.07, 6.45) is 0. The lowest BCUT2D eigenvalue weighted by atomic mass is 10.1. The normalized spacial score (nSPS) is 11.4. The lowest BCUT2D eigenvalue weighted by Gasteiger charge is -2.06. The lowest BCUT2D eigenvalue weighted by molar-refractivity contribution is 0.514. The molecule has 4 aromatic rings. The first kappa shape index (κ1) is 15.0. The summed E-state index contributed by atoms with van der Waals surface area (Å²) in [7, 11) is 0. The molecule has 0 fully saturated rings. The lowest BCUT2D eigenvalue weighted by Crippen LogP contribution is -2.15. The van der Waals surface area contributed by atoms with Crippen LogP contribution in [-0.2, 0) is 6.54 Å². The van der Waals surface area contributed by atoms with Crippen molar-refractivity contribution >= 4 is 33.8 Å². The van der Waals surface area contributed by atoms with E-state index in [1.807, 2.05) is 42.5 Å². The largest absolute Gasteiger partial charge is 0.419 e. The monoisotopic (exact) mass is 336 g/mol. The highest BCUT2D eigenvalue weighted by molar-refractivity contribution is 7.99. The van der Waals surface area contributed by atoms with Crippen LogP contribution in [0.1, 0.15) is 5.56 Å². The van der Waals surface area contributed by atoms with Gasteiger partial charge in [-0.05, 0) is 36.8 Å². The van der Waals surface area contributed by atoms with E-state index in [9.17, 15) is 4.79 Å². The Morgan fingerprint density at radius 3 is 2.83 bits per heavy atom. The molecule has 0 amide bonds. The first-order chi connectivity index (χ1) is 11.7. The molecule has 0 aliphatic heterocycles. The van der Waals surface area contributed by atoms with Gasteiger partial charge < -0.3 is 4.42 Å². The predicted octanol–water partition coefficient (Wildman–Crippen LogP) is 4.24. The van der Waals surface area contributed by atoms with Gasteiger partial charge in [-0.3, -0.25) is 4.57 Å². The molecule has 2 aromatic carbocycles. The SMILES string of the molecule is Cc1cc(SCCn2c(=O)oc3ccccc32)nc2ccccc12. The molecule has 0 saturated carbocycles. The van der Waals surface area contributed by atoms with Gasteiger partial charge in [0, 0.05) is 17.7 Å². The van der Waals surface area contributed by atoms with E-state index in [1.165, 1.54) is 10.9 Å². The minimum absolute atomic E-state index is 0.306. The zero-order valence-electron chi connectivity index (χ0n) is 13.2. The molecule has 0 spiro atoms. The van der Waals surface area contributed by atoms with Crippen molar-refractivity contribution in [3.8, 4) is 0 Å². The zero-order valence-corrected chi connectivity index (χ0v) is 14.0. The Morgan fingerprint density at radius 2 is 1.92 bits per heavy atom. The molecule has 0 aliphatic rings. The number of aryl methyl sites for hydroxylation is 2. The molecule has 5 heteroatoms. The molecule has 2 aromatic heterocycles. The van der Waals surface area contributed by atoms with E-state index >= 15 is 0 Å². The minimum Gasteiger partial charge on any atom is -0.408 e. The summed E-state index contributed by atoms with van der Waals surface area (Å²) in [6.45, 7) is 2.69. The second kappa shape index (κ2) is 6.17. The van der Waals surface area contributed by atoms with Crippen molar-refractivity contribution in [3.63, 3.8) is 0 Å². The molecule has 24 heavy (non-hydrogen) atoms. The van der Waals surface area contributed by atoms with Crippen LogP contribution in [0.4, 0.5) is 0 Å². The molecule has 0 saturated heterocycles. The number of pyridine rings is 1. The number of nitrogens with zero attached hydrogens (tertiary/aromatic N) is 2.